The van der Waals surface area contributed by atoms with E-state index in [0.717, 1.165) is 0 Å². The summed E-state index contributed by atoms with van der Waals surface area (Å²) in [7, 11) is 1.46. The van der Waals surface area contributed by atoms with Crippen LogP contribution in [0.15, 0.2) is 30.0 Å². The van der Waals surface area contributed by atoms with Crippen molar-refractivity contribution in [3.8, 4) is 17.9 Å². The number of nitrogens with one attached hydrogen (secondary N) is 1. The molecule has 1 aromatic carbocycles. The lowest BCUT2D eigenvalue weighted by atomic mass is 10.1. The minimum absolute atomic E-state index is 0.0958. The van der Waals surface area contributed by atoms with E-state index in [-0.39, 0.29) is 5.57 Å². The third kappa shape index (κ3) is 3.00. The van der Waals surface area contributed by atoms with Crippen molar-refractivity contribution in [2.45, 2.75) is 0 Å². The first-order chi connectivity index (χ1) is 8.62. The number of ether oxygens (including phenoxy) is 1. The number of carbonyl (C=O) groups is 1. The summed E-state index contributed by atoms with van der Waals surface area (Å²) in [6, 6.07) is 7.96. The number of primary amides is 1. The quantitative estimate of drug-likeness (QED) is 0.769. The standard InChI is InChI=1S/C12H10N4O2/c1-18-11-3-2-9(12(15)17)4-10(11)16-7-8(5-13)6-14/h2-4,7,16H,1H3,(H2,15,17). The molecule has 0 atom stereocenters. The molecule has 0 bridgehead atoms. The molecule has 0 heterocycles. The maximum Gasteiger partial charge on any atom is 0.248 e. The summed E-state index contributed by atoms with van der Waals surface area (Å²) < 4.78 is 5.07. The van der Waals surface area contributed by atoms with Crippen molar-refractivity contribution < 1.29 is 9.53 Å². The molecule has 6 nitrogen and oxygen atoms in total. The van der Waals surface area contributed by atoms with E-state index in [1.54, 1.807) is 18.2 Å². The topological polar surface area (TPSA) is 112 Å². The van der Waals surface area contributed by atoms with Crippen molar-refractivity contribution in [3.63, 3.8) is 0 Å². The fourth-order valence-electron chi connectivity index (χ4n) is 1.21. The van der Waals surface area contributed by atoms with Crippen molar-refractivity contribution in [1.29, 1.82) is 10.5 Å². The van der Waals surface area contributed by atoms with E-state index in [2.05, 4.69) is 5.32 Å². The Labute approximate surface area is 104 Å². The van der Waals surface area contributed by atoms with E-state index in [0.29, 0.717) is 17.0 Å². The van der Waals surface area contributed by atoms with Gasteiger partial charge in [0.25, 0.3) is 0 Å². The number of methoxy groups -OCH3 is 1. The minimum Gasteiger partial charge on any atom is -0.495 e. The summed E-state index contributed by atoms with van der Waals surface area (Å²) in [5.74, 6) is -0.114. The van der Waals surface area contributed by atoms with Crippen LogP contribution in [0.3, 0.4) is 0 Å². The molecule has 0 aliphatic rings. The van der Waals surface area contributed by atoms with Crippen molar-refractivity contribution in [2.75, 3.05) is 12.4 Å². The molecule has 0 aliphatic heterocycles. The molecule has 0 saturated carbocycles. The number of carbonyl (C=O) groups excluding carboxylic acids is 1. The molecule has 1 amide bonds. The summed E-state index contributed by atoms with van der Waals surface area (Å²) in [6.45, 7) is 0. The summed E-state index contributed by atoms with van der Waals surface area (Å²) in [6.07, 6.45) is 1.22. The SMILES string of the molecule is COc1ccc(C(N)=O)cc1NC=C(C#N)C#N. The fourth-order valence-corrected chi connectivity index (χ4v) is 1.21. The molecule has 6 heteroatoms. The molecule has 1 rings (SSSR count). The van der Waals surface area contributed by atoms with E-state index in [1.165, 1.54) is 25.4 Å². The molecular formula is C12H10N4O2. The second-order valence-corrected chi connectivity index (χ2v) is 3.21. The molecule has 0 aromatic heterocycles. The van der Waals surface area contributed by atoms with Gasteiger partial charge in [0.05, 0.1) is 12.8 Å². The summed E-state index contributed by atoms with van der Waals surface area (Å²) in [5.41, 5.74) is 5.79. The van der Waals surface area contributed by atoms with Crippen LogP contribution >= 0.6 is 0 Å². The average molecular weight is 242 g/mol. The average Bonchev–Trinajstić information content (AvgIpc) is 2.39. The number of nitriles is 2. The van der Waals surface area contributed by atoms with Crippen LogP contribution in [0.1, 0.15) is 10.4 Å². The Kier molecular flexibility index (Phi) is 4.30. The van der Waals surface area contributed by atoms with Gasteiger partial charge in [-0.05, 0) is 18.2 Å². The summed E-state index contributed by atoms with van der Waals surface area (Å²) in [4.78, 5) is 11.0. The zero-order valence-electron chi connectivity index (χ0n) is 9.60. The summed E-state index contributed by atoms with van der Waals surface area (Å²) in [5, 5.41) is 19.9. The van der Waals surface area contributed by atoms with Crippen LogP contribution in [-0.4, -0.2) is 13.0 Å². The minimum atomic E-state index is -0.578. The van der Waals surface area contributed by atoms with Gasteiger partial charge >= 0.3 is 0 Å². The van der Waals surface area contributed by atoms with Gasteiger partial charge in [-0.2, -0.15) is 10.5 Å². The number of anilines is 1. The molecule has 0 fully saturated rings. The first-order valence-electron chi connectivity index (χ1n) is 4.87. The number of allylic oxidation sites excluding steroid dienone is 1. The van der Waals surface area contributed by atoms with Crippen molar-refractivity contribution in [2.24, 2.45) is 5.73 Å². The van der Waals surface area contributed by atoms with Crippen LogP contribution in [-0.2, 0) is 0 Å². The number of benzene rings is 1. The molecule has 0 aliphatic carbocycles. The highest BCUT2D eigenvalue weighted by atomic mass is 16.5. The number of amides is 1. The van der Waals surface area contributed by atoms with Crippen molar-refractivity contribution in [3.05, 3.63) is 35.5 Å². The van der Waals surface area contributed by atoms with Crippen LogP contribution in [0.25, 0.3) is 0 Å². The Morgan fingerprint density at radius 1 is 1.44 bits per heavy atom. The van der Waals surface area contributed by atoms with E-state index in [9.17, 15) is 4.79 Å². The van der Waals surface area contributed by atoms with Crippen molar-refractivity contribution >= 4 is 11.6 Å². The molecule has 3 N–H and O–H groups in total. The molecule has 0 unspecified atom stereocenters. The highest BCUT2D eigenvalue weighted by molar-refractivity contribution is 5.94. The second-order valence-electron chi connectivity index (χ2n) is 3.21. The largest absolute Gasteiger partial charge is 0.495 e. The lowest BCUT2D eigenvalue weighted by molar-refractivity contribution is 0.100. The third-order valence-corrected chi connectivity index (χ3v) is 2.10. The Morgan fingerprint density at radius 2 is 2.11 bits per heavy atom. The second kappa shape index (κ2) is 5.92. The van der Waals surface area contributed by atoms with Crippen LogP contribution in [0.4, 0.5) is 5.69 Å². The van der Waals surface area contributed by atoms with Gasteiger partial charge in [-0.25, -0.2) is 0 Å². The number of nitrogens with two attached hydrogens (primary N) is 1. The number of hydrogen-bond donors (Lipinski definition) is 2. The van der Waals surface area contributed by atoms with E-state index in [4.69, 9.17) is 21.0 Å². The highest BCUT2D eigenvalue weighted by Crippen LogP contribution is 2.25. The molecule has 0 saturated heterocycles. The van der Waals surface area contributed by atoms with Gasteiger partial charge in [-0.1, -0.05) is 0 Å². The van der Waals surface area contributed by atoms with Gasteiger partial charge in [0.2, 0.25) is 5.91 Å². The molecule has 90 valence electrons. The van der Waals surface area contributed by atoms with Gasteiger partial charge < -0.3 is 15.8 Å². The first kappa shape index (κ1) is 13.1. The lowest BCUT2D eigenvalue weighted by Crippen LogP contribution is -2.11. The maximum absolute atomic E-state index is 11.0. The van der Waals surface area contributed by atoms with Crippen LogP contribution < -0.4 is 15.8 Å². The molecule has 18 heavy (non-hydrogen) atoms. The van der Waals surface area contributed by atoms with Crippen LogP contribution in [0.2, 0.25) is 0 Å². The van der Waals surface area contributed by atoms with Gasteiger partial charge in [-0.3, -0.25) is 4.79 Å². The number of rotatable bonds is 4. The monoisotopic (exact) mass is 242 g/mol. The van der Waals surface area contributed by atoms with E-state index < -0.39 is 5.91 Å². The molecule has 0 radical (unpaired) electrons. The Hall–Kier alpha value is -2.99. The van der Waals surface area contributed by atoms with Crippen LogP contribution in [0, 0.1) is 22.7 Å². The Balaban J connectivity index is 3.11. The first-order valence-corrected chi connectivity index (χ1v) is 4.87. The number of hydrogen-bond acceptors (Lipinski definition) is 5. The van der Waals surface area contributed by atoms with Gasteiger partial charge in [-0.15, -0.1) is 0 Å². The zero-order valence-corrected chi connectivity index (χ0v) is 9.60. The van der Waals surface area contributed by atoms with E-state index >= 15 is 0 Å². The Morgan fingerprint density at radius 3 is 2.61 bits per heavy atom. The normalized spacial score (nSPS) is 8.61. The predicted molar refractivity (Wildman–Crippen MR) is 64.4 cm³/mol. The molecule has 1 aromatic rings. The smallest absolute Gasteiger partial charge is 0.248 e. The fraction of sp³-hybridized carbons (Fsp3) is 0.0833. The molecule has 0 spiro atoms. The van der Waals surface area contributed by atoms with Crippen LogP contribution in [0.5, 0.6) is 5.75 Å². The summed E-state index contributed by atoms with van der Waals surface area (Å²) >= 11 is 0. The molecular weight excluding hydrogens is 232 g/mol. The maximum atomic E-state index is 11.0. The van der Waals surface area contributed by atoms with Gasteiger partial charge in [0.1, 0.15) is 23.5 Å². The lowest BCUT2D eigenvalue weighted by Gasteiger charge is -2.09. The zero-order chi connectivity index (χ0) is 13.5. The highest BCUT2D eigenvalue weighted by Gasteiger charge is 2.07. The van der Waals surface area contributed by atoms with Crippen molar-refractivity contribution in [1.82, 2.24) is 0 Å². The van der Waals surface area contributed by atoms with Gasteiger partial charge in [0.15, 0.2) is 0 Å². The predicted octanol–water partition coefficient (Wildman–Crippen LogP) is 1.14. The van der Waals surface area contributed by atoms with E-state index in [1.807, 2.05) is 0 Å². The van der Waals surface area contributed by atoms with Gasteiger partial charge in [0, 0.05) is 11.8 Å². The number of nitrogens with zero attached hydrogens (tertiary/aromatic N) is 2. The Bertz CT molecular complexity index is 563. The third-order valence-electron chi connectivity index (χ3n) is 2.10.